The summed E-state index contributed by atoms with van der Waals surface area (Å²) in [7, 11) is 0. The number of carbonyl (C=O) groups excluding carboxylic acids is 2. The Morgan fingerprint density at radius 3 is 2.56 bits per heavy atom. The molecule has 25 heavy (non-hydrogen) atoms. The lowest BCUT2D eigenvalue weighted by molar-refractivity contribution is 0.0479. The molecule has 1 fully saturated rings. The van der Waals surface area contributed by atoms with Crippen LogP contribution in [-0.2, 0) is 4.74 Å². The molecule has 0 saturated carbocycles. The minimum atomic E-state index is -0.527. The number of piperidine rings is 1. The Kier molecular flexibility index (Phi) is 6.28. The average molecular weight is 347 g/mol. The third-order valence-electron chi connectivity index (χ3n) is 4.07. The highest BCUT2D eigenvalue weighted by Gasteiger charge is 2.27. The molecule has 1 aliphatic rings. The zero-order chi connectivity index (χ0) is 18.4. The molecular weight excluding hydrogens is 318 g/mol. The number of ether oxygens (including phenoxy) is 1. The summed E-state index contributed by atoms with van der Waals surface area (Å²) in [6.45, 7) is 8.65. The van der Waals surface area contributed by atoms with E-state index in [1.165, 1.54) is 0 Å². The van der Waals surface area contributed by atoms with E-state index in [1.807, 2.05) is 58.0 Å². The van der Waals surface area contributed by atoms with Crippen molar-refractivity contribution in [1.29, 1.82) is 0 Å². The van der Waals surface area contributed by atoms with Crippen molar-refractivity contribution in [3.8, 4) is 0 Å². The van der Waals surface area contributed by atoms with E-state index >= 15 is 0 Å². The van der Waals surface area contributed by atoms with Crippen LogP contribution >= 0.6 is 0 Å². The number of alkyl carbamates (subject to hydrolysis) is 1. The fraction of sp³-hybridized carbons (Fsp3) is 0.579. The van der Waals surface area contributed by atoms with Crippen molar-refractivity contribution in [3.05, 3.63) is 35.9 Å². The highest BCUT2D eigenvalue weighted by atomic mass is 16.6. The summed E-state index contributed by atoms with van der Waals surface area (Å²) in [4.78, 5) is 26.2. The number of nitrogens with zero attached hydrogens (tertiary/aromatic N) is 1. The molecule has 1 saturated heterocycles. The van der Waals surface area contributed by atoms with Crippen molar-refractivity contribution in [2.45, 2.75) is 58.2 Å². The zero-order valence-electron chi connectivity index (χ0n) is 15.5. The molecule has 138 valence electrons. The first-order chi connectivity index (χ1) is 11.7. The van der Waals surface area contributed by atoms with Crippen molar-refractivity contribution in [1.82, 2.24) is 15.5 Å². The lowest BCUT2D eigenvalue weighted by Crippen LogP contribution is -2.53. The number of benzene rings is 1. The lowest BCUT2D eigenvalue weighted by Gasteiger charge is -2.34. The van der Waals surface area contributed by atoms with Gasteiger partial charge in [0.1, 0.15) is 5.60 Å². The second-order valence-corrected chi connectivity index (χ2v) is 7.51. The quantitative estimate of drug-likeness (QED) is 0.880. The number of hydrogen-bond acceptors (Lipinski definition) is 3. The van der Waals surface area contributed by atoms with Gasteiger partial charge in [-0.2, -0.15) is 0 Å². The molecule has 6 heteroatoms. The van der Waals surface area contributed by atoms with Gasteiger partial charge in [0.15, 0.2) is 0 Å². The van der Waals surface area contributed by atoms with Crippen molar-refractivity contribution in [2.24, 2.45) is 0 Å². The maximum atomic E-state index is 12.5. The molecule has 3 amide bonds. The third-order valence-corrected chi connectivity index (χ3v) is 4.07. The summed E-state index contributed by atoms with van der Waals surface area (Å²) in [5.74, 6) is 0. The van der Waals surface area contributed by atoms with Gasteiger partial charge in [0.05, 0.1) is 6.04 Å². The zero-order valence-corrected chi connectivity index (χ0v) is 15.5. The van der Waals surface area contributed by atoms with Crippen LogP contribution in [0.2, 0.25) is 0 Å². The molecule has 0 aromatic heterocycles. The first-order valence-electron chi connectivity index (χ1n) is 8.84. The number of rotatable bonds is 3. The highest BCUT2D eigenvalue weighted by Crippen LogP contribution is 2.15. The molecule has 2 rings (SSSR count). The molecule has 1 aromatic carbocycles. The van der Waals surface area contributed by atoms with E-state index in [-0.39, 0.29) is 18.1 Å². The van der Waals surface area contributed by atoms with Gasteiger partial charge in [0.2, 0.25) is 0 Å². The third kappa shape index (κ3) is 6.29. The highest BCUT2D eigenvalue weighted by molar-refractivity contribution is 5.75. The first-order valence-corrected chi connectivity index (χ1v) is 8.84. The second-order valence-electron chi connectivity index (χ2n) is 7.51. The van der Waals surface area contributed by atoms with Crippen LogP contribution in [0.5, 0.6) is 0 Å². The Morgan fingerprint density at radius 1 is 1.24 bits per heavy atom. The minimum absolute atomic E-state index is 0.0621. The topological polar surface area (TPSA) is 70.7 Å². The van der Waals surface area contributed by atoms with E-state index in [4.69, 9.17) is 4.74 Å². The van der Waals surface area contributed by atoms with Gasteiger partial charge in [0, 0.05) is 19.1 Å². The van der Waals surface area contributed by atoms with Gasteiger partial charge in [-0.25, -0.2) is 9.59 Å². The van der Waals surface area contributed by atoms with E-state index in [0.717, 1.165) is 18.4 Å². The molecule has 1 aromatic rings. The Balaban J connectivity index is 1.85. The molecular formula is C19H29N3O3. The summed E-state index contributed by atoms with van der Waals surface area (Å²) in [5.41, 5.74) is 0.539. The van der Waals surface area contributed by atoms with Crippen LogP contribution in [0.3, 0.4) is 0 Å². The molecule has 0 bridgehead atoms. The summed E-state index contributed by atoms with van der Waals surface area (Å²) in [6.07, 6.45) is 1.27. The van der Waals surface area contributed by atoms with Gasteiger partial charge in [-0.1, -0.05) is 30.3 Å². The molecule has 6 nitrogen and oxygen atoms in total. The number of carbonyl (C=O) groups is 2. The molecule has 0 spiro atoms. The fourth-order valence-electron chi connectivity index (χ4n) is 2.86. The van der Waals surface area contributed by atoms with Crippen LogP contribution < -0.4 is 10.6 Å². The SMILES string of the molecule is C[C@H](NC(=O)N1CCC[C@@H](NC(=O)OC(C)(C)C)C1)c1ccccc1. The molecule has 1 aliphatic heterocycles. The summed E-state index contributed by atoms with van der Waals surface area (Å²) in [5, 5.41) is 5.88. The summed E-state index contributed by atoms with van der Waals surface area (Å²) < 4.78 is 5.29. The molecule has 2 N–H and O–H groups in total. The van der Waals surface area contributed by atoms with Crippen LogP contribution in [0.4, 0.5) is 9.59 Å². The van der Waals surface area contributed by atoms with E-state index in [0.29, 0.717) is 13.1 Å². The molecule has 1 heterocycles. The van der Waals surface area contributed by atoms with Crippen molar-refractivity contribution in [2.75, 3.05) is 13.1 Å². The number of amides is 3. The molecule has 0 unspecified atom stereocenters. The van der Waals surface area contributed by atoms with E-state index in [2.05, 4.69) is 10.6 Å². The largest absolute Gasteiger partial charge is 0.444 e. The average Bonchev–Trinajstić information content (AvgIpc) is 2.54. The molecule has 2 atom stereocenters. The number of likely N-dealkylation sites (tertiary alicyclic amines) is 1. The predicted octanol–water partition coefficient (Wildman–Crippen LogP) is 3.45. The van der Waals surface area contributed by atoms with E-state index in [1.54, 1.807) is 4.90 Å². The summed E-state index contributed by atoms with van der Waals surface area (Å²) >= 11 is 0. The van der Waals surface area contributed by atoms with Crippen LogP contribution in [0.15, 0.2) is 30.3 Å². The molecule has 0 radical (unpaired) electrons. The van der Waals surface area contributed by atoms with Crippen molar-refractivity contribution >= 4 is 12.1 Å². The maximum absolute atomic E-state index is 12.5. The van der Waals surface area contributed by atoms with Crippen LogP contribution in [0, 0.1) is 0 Å². The van der Waals surface area contributed by atoms with Gasteiger partial charge in [-0.3, -0.25) is 0 Å². The van der Waals surface area contributed by atoms with Crippen LogP contribution in [0.1, 0.15) is 52.1 Å². The van der Waals surface area contributed by atoms with Crippen molar-refractivity contribution < 1.29 is 14.3 Å². The van der Waals surface area contributed by atoms with E-state index in [9.17, 15) is 9.59 Å². The number of urea groups is 1. The van der Waals surface area contributed by atoms with Gasteiger partial charge >= 0.3 is 12.1 Å². The second kappa shape index (κ2) is 8.23. The van der Waals surface area contributed by atoms with Crippen molar-refractivity contribution in [3.63, 3.8) is 0 Å². The van der Waals surface area contributed by atoms with Gasteiger partial charge < -0.3 is 20.3 Å². The maximum Gasteiger partial charge on any atom is 0.407 e. The van der Waals surface area contributed by atoms with Crippen LogP contribution in [-0.4, -0.2) is 41.8 Å². The monoisotopic (exact) mass is 347 g/mol. The van der Waals surface area contributed by atoms with Crippen LogP contribution in [0.25, 0.3) is 0 Å². The Bertz CT molecular complexity index is 583. The smallest absolute Gasteiger partial charge is 0.407 e. The minimum Gasteiger partial charge on any atom is -0.444 e. The predicted molar refractivity (Wildman–Crippen MR) is 97.4 cm³/mol. The summed E-state index contributed by atoms with van der Waals surface area (Å²) in [6, 6.07) is 9.61. The number of hydrogen-bond donors (Lipinski definition) is 2. The van der Waals surface area contributed by atoms with Gasteiger partial charge in [-0.05, 0) is 46.1 Å². The van der Waals surface area contributed by atoms with E-state index < -0.39 is 11.7 Å². The standard InChI is InChI=1S/C19H29N3O3/c1-14(15-9-6-5-7-10-15)20-17(23)22-12-8-11-16(13-22)21-18(24)25-19(2,3)4/h5-7,9-10,14,16H,8,11-13H2,1-4H3,(H,20,23)(H,21,24)/t14-,16+/m0/s1. The van der Waals surface area contributed by atoms with Gasteiger partial charge in [-0.15, -0.1) is 0 Å². The fourth-order valence-corrected chi connectivity index (χ4v) is 2.86. The first kappa shape index (κ1) is 19.1. The van der Waals surface area contributed by atoms with Gasteiger partial charge in [0.25, 0.3) is 0 Å². The normalized spacial score (nSPS) is 19.0. The number of nitrogens with one attached hydrogen (secondary N) is 2. The Morgan fingerprint density at radius 2 is 1.92 bits per heavy atom. The Labute approximate surface area is 149 Å². The Hall–Kier alpha value is -2.24. The lowest BCUT2D eigenvalue weighted by atomic mass is 10.1. The molecule has 0 aliphatic carbocycles.